The summed E-state index contributed by atoms with van der Waals surface area (Å²) >= 11 is 5.92. The van der Waals surface area contributed by atoms with Gasteiger partial charge in [0, 0.05) is 24.4 Å². The molecule has 0 saturated carbocycles. The molecule has 2 heterocycles. The molecule has 11 nitrogen and oxygen atoms in total. The highest BCUT2D eigenvalue weighted by Gasteiger charge is 2.58. The molecule has 39 heavy (non-hydrogen) atoms. The lowest BCUT2D eigenvalue weighted by Gasteiger charge is -2.44. The van der Waals surface area contributed by atoms with Gasteiger partial charge in [-0.1, -0.05) is 23.7 Å². The number of aliphatic carboxylic acids is 2. The van der Waals surface area contributed by atoms with Gasteiger partial charge in [-0.25, -0.2) is 12.8 Å². The molecule has 2 amide bonds. The van der Waals surface area contributed by atoms with Crippen molar-refractivity contribution in [2.24, 2.45) is 0 Å². The van der Waals surface area contributed by atoms with Crippen LogP contribution in [0.4, 0.5) is 4.39 Å². The van der Waals surface area contributed by atoms with Crippen molar-refractivity contribution in [3.05, 3.63) is 64.9 Å². The highest BCUT2D eigenvalue weighted by molar-refractivity contribution is 7.89. The summed E-state index contributed by atoms with van der Waals surface area (Å²) in [7, 11) is -4.41. The molecule has 14 heteroatoms. The van der Waals surface area contributed by atoms with E-state index in [0.717, 1.165) is 9.21 Å². The second-order valence-corrected chi connectivity index (χ2v) is 11.5. The molecule has 0 spiro atoms. The van der Waals surface area contributed by atoms with Crippen LogP contribution in [-0.4, -0.2) is 87.8 Å². The number of sulfonamides is 1. The van der Waals surface area contributed by atoms with E-state index in [-0.39, 0.29) is 35.8 Å². The van der Waals surface area contributed by atoms with Gasteiger partial charge >= 0.3 is 11.9 Å². The van der Waals surface area contributed by atoms with E-state index in [4.69, 9.17) is 11.6 Å². The number of rotatable bonds is 10. The van der Waals surface area contributed by atoms with Crippen LogP contribution in [0.15, 0.2) is 53.4 Å². The van der Waals surface area contributed by atoms with Gasteiger partial charge in [0.15, 0.2) is 0 Å². The molecule has 2 fully saturated rings. The van der Waals surface area contributed by atoms with Crippen LogP contribution in [0.3, 0.4) is 0 Å². The molecule has 3 atom stereocenters. The van der Waals surface area contributed by atoms with Gasteiger partial charge in [-0.2, -0.15) is 4.31 Å². The number of carboxylic acid groups (broad SMARTS) is 2. The fourth-order valence-corrected chi connectivity index (χ4v) is 6.80. The smallest absolute Gasteiger partial charge is 0.305 e. The highest BCUT2D eigenvalue weighted by Crippen LogP contribution is 2.37. The number of benzene rings is 2. The van der Waals surface area contributed by atoms with E-state index in [1.807, 2.05) is 0 Å². The molecule has 2 aromatic rings. The minimum absolute atomic E-state index is 0.0919. The topological polar surface area (TPSA) is 153 Å². The molecule has 2 aliphatic rings. The molecule has 1 unspecified atom stereocenters. The van der Waals surface area contributed by atoms with Crippen LogP contribution in [0.1, 0.15) is 24.8 Å². The maximum atomic E-state index is 13.9. The second kappa shape index (κ2) is 11.3. The van der Waals surface area contributed by atoms with E-state index < -0.39 is 70.7 Å². The quantitative estimate of drug-likeness (QED) is 0.431. The molecule has 0 aliphatic carbocycles. The third-order valence-corrected chi connectivity index (χ3v) is 8.91. The van der Waals surface area contributed by atoms with Crippen molar-refractivity contribution in [3.8, 4) is 0 Å². The molecule has 208 valence electrons. The van der Waals surface area contributed by atoms with Crippen LogP contribution >= 0.6 is 11.6 Å². The van der Waals surface area contributed by atoms with Crippen LogP contribution in [-0.2, 0) is 35.6 Å². The zero-order valence-electron chi connectivity index (χ0n) is 20.4. The summed E-state index contributed by atoms with van der Waals surface area (Å²) in [5.41, 5.74) is 0.488. The average Bonchev–Trinajstić information content (AvgIpc) is 3.16. The predicted molar refractivity (Wildman–Crippen MR) is 134 cm³/mol. The number of fused-ring (bicyclic) bond motifs is 1. The van der Waals surface area contributed by atoms with E-state index in [0.29, 0.717) is 5.56 Å². The molecule has 0 aromatic heterocycles. The van der Waals surface area contributed by atoms with Crippen molar-refractivity contribution in [1.29, 1.82) is 0 Å². The van der Waals surface area contributed by atoms with Crippen molar-refractivity contribution in [1.82, 2.24) is 14.1 Å². The fraction of sp³-hybridized carbons (Fsp3) is 0.360. The Morgan fingerprint density at radius 1 is 0.923 bits per heavy atom. The van der Waals surface area contributed by atoms with E-state index >= 15 is 0 Å². The molecular formula is C25H25ClFN3O8S. The molecule has 2 aliphatic heterocycles. The molecule has 4 rings (SSSR count). The third kappa shape index (κ3) is 5.89. The Balaban J connectivity index is 1.80. The van der Waals surface area contributed by atoms with E-state index in [9.17, 15) is 42.2 Å². The minimum atomic E-state index is -4.41. The summed E-state index contributed by atoms with van der Waals surface area (Å²) in [5, 5.41) is 18.7. The molecule has 2 N–H and O–H groups in total. The number of carboxylic acids is 2. The SMILES string of the molecule is O=C(O)CC[C@H]1C(=O)N2C(CN(CCC(=O)O)C(=O)[C@@H]2Cc2ccc(F)cc2)N1S(=O)(=O)c1ccc(Cl)cc1. The van der Waals surface area contributed by atoms with Crippen LogP contribution in [0, 0.1) is 5.82 Å². The third-order valence-electron chi connectivity index (χ3n) is 6.74. The Morgan fingerprint density at radius 2 is 1.54 bits per heavy atom. The van der Waals surface area contributed by atoms with Gasteiger partial charge in [-0.05, 0) is 48.4 Å². The van der Waals surface area contributed by atoms with E-state index in [1.165, 1.54) is 53.4 Å². The van der Waals surface area contributed by atoms with Gasteiger partial charge in [-0.15, -0.1) is 0 Å². The van der Waals surface area contributed by atoms with Gasteiger partial charge in [0.1, 0.15) is 24.1 Å². The lowest BCUT2D eigenvalue weighted by molar-refractivity contribution is -0.153. The summed E-state index contributed by atoms with van der Waals surface area (Å²) in [4.78, 5) is 52.0. The maximum Gasteiger partial charge on any atom is 0.305 e. The standard InChI is InChI=1S/C25H25ClFN3O8S/c26-16-3-7-18(8-4-16)39(37,38)30-19(9-10-22(31)32)25(36)29-20(13-15-1-5-17(27)6-2-15)24(35)28(14-21(29)30)12-11-23(33)34/h1-8,19-21H,9-14H2,(H,31,32)(H,33,34)/t19-,20-,21?/m0/s1. The van der Waals surface area contributed by atoms with Crippen LogP contribution in [0.5, 0.6) is 0 Å². The number of carbonyl (C=O) groups is 4. The Kier molecular flexibility index (Phi) is 8.23. The van der Waals surface area contributed by atoms with Crippen molar-refractivity contribution < 1.29 is 42.2 Å². The summed E-state index contributed by atoms with van der Waals surface area (Å²) in [6.45, 7) is -0.546. The molecule has 2 saturated heterocycles. The molecule has 0 bridgehead atoms. The number of hydrogen-bond acceptors (Lipinski definition) is 6. The van der Waals surface area contributed by atoms with Crippen molar-refractivity contribution in [2.45, 2.75) is 48.8 Å². The van der Waals surface area contributed by atoms with Gasteiger partial charge in [0.2, 0.25) is 21.8 Å². The van der Waals surface area contributed by atoms with Crippen molar-refractivity contribution in [3.63, 3.8) is 0 Å². The Morgan fingerprint density at radius 3 is 2.13 bits per heavy atom. The van der Waals surface area contributed by atoms with Crippen molar-refractivity contribution >= 4 is 45.4 Å². The maximum absolute atomic E-state index is 13.9. The van der Waals surface area contributed by atoms with Crippen LogP contribution < -0.4 is 0 Å². The largest absolute Gasteiger partial charge is 0.481 e. The second-order valence-electron chi connectivity index (χ2n) is 9.24. The van der Waals surface area contributed by atoms with Gasteiger partial charge < -0.3 is 20.0 Å². The predicted octanol–water partition coefficient (Wildman–Crippen LogP) is 1.80. The number of piperazine rings is 1. The summed E-state index contributed by atoms with van der Waals surface area (Å²) in [6, 6.07) is 7.80. The first kappa shape index (κ1) is 28.5. The van der Waals surface area contributed by atoms with E-state index in [1.54, 1.807) is 0 Å². The number of hydrogen-bond donors (Lipinski definition) is 2. The number of nitrogens with zero attached hydrogens (tertiary/aromatic N) is 3. The number of amides is 2. The first-order valence-electron chi connectivity index (χ1n) is 12.0. The lowest BCUT2D eigenvalue weighted by Crippen LogP contribution is -2.64. The lowest BCUT2D eigenvalue weighted by atomic mass is 10.00. The van der Waals surface area contributed by atoms with Crippen LogP contribution in [0.2, 0.25) is 5.02 Å². The minimum Gasteiger partial charge on any atom is -0.481 e. The fourth-order valence-electron chi connectivity index (χ4n) is 4.93. The average molecular weight is 582 g/mol. The summed E-state index contributed by atoms with van der Waals surface area (Å²) < 4.78 is 42.2. The van der Waals surface area contributed by atoms with Gasteiger partial charge in [-0.3, -0.25) is 19.2 Å². The monoisotopic (exact) mass is 581 g/mol. The first-order valence-corrected chi connectivity index (χ1v) is 13.8. The van der Waals surface area contributed by atoms with E-state index in [2.05, 4.69) is 0 Å². The number of carbonyl (C=O) groups excluding carboxylic acids is 2. The zero-order chi connectivity index (χ0) is 28.5. The molecular weight excluding hydrogens is 557 g/mol. The number of halogens is 2. The molecule has 0 radical (unpaired) electrons. The van der Waals surface area contributed by atoms with Crippen molar-refractivity contribution in [2.75, 3.05) is 13.1 Å². The first-order chi connectivity index (χ1) is 18.4. The Hall–Kier alpha value is -3.55. The van der Waals surface area contributed by atoms with Crippen LogP contribution in [0.25, 0.3) is 0 Å². The Labute approximate surface area is 228 Å². The summed E-state index contributed by atoms with van der Waals surface area (Å²) in [6.07, 6.45) is -2.59. The normalized spacial score (nSPS) is 21.7. The zero-order valence-corrected chi connectivity index (χ0v) is 22.0. The highest BCUT2D eigenvalue weighted by atomic mass is 35.5. The summed E-state index contributed by atoms with van der Waals surface area (Å²) in [5.74, 6) is -4.25. The van der Waals surface area contributed by atoms with Gasteiger partial charge in [0.25, 0.3) is 0 Å². The Bertz CT molecular complexity index is 1390. The molecule has 2 aromatic carbocycles. The van der Waals surface area contributed by atoms with Gasteiger partial charge in [0.05, 0.1) is 17.9 Å².